The SMILES string of the molecule is CSc1cc2c(c(C(=O)NC[C@@H]3Cc4ccccc4CN3Cc3ccccc3)c1)OCC2. The molecule has 0 bridgehead atoms. The van der Waals surface area contributed by atoms with Gasteiger partial charge in [0.2, 0.25) is 0 Å². The molecule has 0 aromatic heterocycles. The van der Waals surface area contributed by atoms with E-state index in [-0.39, 0.29) is 11.9 Å². The summed E-state index contributed by atoms with van der Waals surface area (Å²) in [6.45, 7) is 3.03. The highest BCUT2D eigenvalue weighted by atomic mass is 32.2. The third kappa shape index (κ3) is 4.41. The van der Waals surface area contributed by atoms with Crippen LogP contribution in [0.4, 0.5) is 0 Å². The van der Waals surface area contributed by atoms with Gasteiger partial charge in [0, 0.05) is 37.0 Å². The smallest absolute Gasteiger partial charge is 0.255 e. The summed E-state index contributed by atoms with van der Waals surface area (Å²) in [5, 5.41) is 3.23. The number of fused-ring (bicyclic) bond motifs is 2. The molecule has 1 atom stereocenters. The van der Waals surface area contributed by atoms with E-state index in [4.69, 9.17) is 4.74 Å². The van der Waals surface area contributed by atoms with Crippen molar-refractivity contribution in [1.29, 1.82) is 0 Å². The van der Waals surface area contributed by atoms with E-state index in [1.807, 2.05) is 12.3 Å². The number of ether oxygens (including phenoxy) is 1. The van der Waals surface area contributed by atoms with E-state index in [2.05, 4.69) is 70.9 Å². The van der Waals surface area contributed by atoms with Gasteiger partial charge in [-0.3, -0.25) is 9.69 Å². The Morgan fingerprint density at radius 3 is 2.66 bits per heavy atom. The number of nitrogens with one attached hydrogen (secondary N) is 1. The molecule has 5 heteroatoms. The van der Waals surface area contributed by atoms with Crippen molar-refractivity contribution < 1.29 is 9.53 Å². The van der Waals surface area contributed by atoms with E-state index in [9.17, 15) is 4.79 Å². The molecule has 5 rings (SSSR count). The van der Waals surface area contributed by atoms with E-state index in [1.54, 1.807) is 11.8 Å². The standard InChI is InChI=1S/C27H28N2O2S/c1-32-24-14-21-11-12-31-26(21)25(15-24)27(30)28-16-23-13-20-9-5-6-10-22(20)18-29(23)17-19-7-3-2-4-8-19/h2-10,14-15,23H,11-13,16-18H2,1H3,(H,28,30)/t23-/m0/s1. The fraction of sp³-hybridized carbons (Fsp3) is 0.296. The van der Waals surface area contributed by atoms with Crippen molar-refractivity contribution in [3.8, 4) is 5.75 Å². The summed E-state index contributed by atoms with van der Waals surface area (Å²) >= 11 is 1.66. The molecule has 0 spiro atoms. The summed E-state index contributed by atoms with van der Waals surface area (Å²) < 4.78 is 5.81. The predicted octanol–water partition coefficient (Wildman–Crippen LogP) is 4.70. The van der Waals surface area contributed by atoms with Gasteiger partial charge >= 0.3 is 0 Å². The number of carbonyl (C=O) groups excluding carboxylic acids is 1. The minimum Gasteiger partial charge on any atom is -0.492 e. The molecule has 32 heavy (non-hydrogen) atoms. The Hall–Kier alpha value is -2.76. The fourth-order valence-electron chi connectivity index (χ4n) is 4.72. The van der Waals surface area contributed by atoms with Gasteiger partial charge in [0.05, 0.1) is 12.2 Å². The molecule has 1 N–H and O–H groups in total. The van der Waals surface area contributed by atoms with Gasteiger partial charge in [-0.15, -0.1) is 11.8 Å². The van der Waals surface area contributed by atoms with E-state index >= 15 is 0 Å². The van der Waals surface area contributed by atoms with E-state index in [0.29, 0.717) is 18.7 Å². The molecular formula is C27H28N2O2S. The fourth-order valence-corrected chi connectivity index (χ4v) is 5.21. The Kier molecular flexibility index (Phi) is 6.19. The molecule has 2 aliphatic heterocycles. The zero-order chi connectivity index (χ0) is 21.9. The molecule has 1 amide bonds. The average molecular weight is 445 g/mol. The summed E-state index contributed by atoms with van der Waals surface area (Å²) in [6.07, 6.45) is 3.84. The predicted molar refractivity (Wildman–Crippen MR) is 129 cm³/mol. The number of hydrogen-bond acceptors (Lipinski definition) is 4. The van der Waals surface area contributed by atoms with Gasteiger partial charge in [-0.2, -0.15) is 0 Å². The van der Waals surface area contributed by atoms with Crippen molar-refractivity contribution in [2.24, 2.45) is 0 Å². The second-order valence-corrected chi connectivity index (χ2v) is 9.37. The van der Waals surface area contributed by atoms with Gasteiger partial charge in [-0.25, -0.2) is 0 Å². The van der Waals surface area contributed by atoms with Crippen LogP contribution in [0.2, 0.25) is 0 Å². The number of rotatable bonds is 6. The average Bonchev–Trinajstić information content (AvgIpc) is 3.31. The van der Waals surface area contributed by atoms with Gasteiger partial charge in [0.15, 0.2) is 0 Å². The molecule has 0 saturated carbocycles. The van der Waals surface area contributed by atoms with Gasteiger partial charge in [0.25, 0.3) is 5.91 Å². The molecule has 2 aliphatic rings. The Balaban J connectivity index is 1.35. The number of benzene rings is 3. The van der Waals surface area contributed by atoms with Crippen molar-refractivity contribution >= 4 is 17.7 Å². The molecule has 0 saturated heterocycles. The number of hydrogen-bond donors (Lipinski definition) is 1. The lowest BCUT2D eigenvalue weighted by Crippen LogP contribution is -2.47. The zero-order valence-corrected chi connectivity index (χ0v) is 19.2. The Morgan fingerprint density at radius 2 is 1.84 bits per heavy atom. The minimum atomic E-state index is -0.0439. The van der Waals surface area contributed by atoms with Crippen LogP contribution in [0.1, 0.15) is 32.6 Å². The van der Waals surface area contributed by atoms with Gasteiger partial charge < -0.3 is 10.1 Å². The van der Waals surface area contributed by atoms with Gasteiger partial charge in [-0.05, 0) is 47.1 Å². The van der Waals surface area contributed by atoms with Gasteiger partial charge in [0.1, 0.15) is 5.75 Å². The Morgan fingerprint density at radius 1 is 1.06 bits per heavy atom. The van der Waals surface area contributed by atoms with Crippen LogP contribution in [0.15, 0.2) is 71.6 Å². The lowest BCUT2D eigenvalue weighted by molar-refractivity contribution is 0.0918. The second kappa shape index (κ2) is 9.39. The molecule has 0 aliphatic carbocycles. The van der Waals surface area contributed by atoms with E-state index in [0.717, 1.165) is 42.1 Å². The maximum atomic E-state index is 13.2. The first-order valence-corrected chi connectivity index (χ1v) is 12.4. The third-order valence-electron chi connectivity index (χ3n) is 6.43. The highest BCUT2D eigenvalue weighted by molar-refractivity contribution is 7.98. The molecule has 164 valence electrons. The molecule has 4 nitrogen and oxygen atoms in total. The lowest BCUT2D eigenvalue weighted by Gasteiger charge is -2.37. The van der Waals surface area contributed by atoms with Crippen LogP contribution >= 0.6 is 11.8 Å². The maximum absolute atomic E-state index is 13.2. The largest absolute Gasteiger partial charge is 0.492 e. The molecule has 3 aromatic rings. The first kappa shape index (κ1) is 21.1. The first-order chi connectivity index (χ1) is 15.7. The number of nitrogens with zero attached hydrogens (tertiary/aromatic N) is 1. The summed E-state index contributed by atoms with van der Waals surface area (Å²) in [5.74, 6) is 0.716. The summed E-state index contributed by atoms with van der Waals surface area (Å²) in [7, 11) is 0. The number of thioether (sulfide) groups is 1. The molecule has 0 radical (unpaired) electrons. The third-order valence-corrected chi connectivity index (χ3v) is 7.14. The first-order valence-electron chi connectivity index (χ1n) is 11.2. The summed E-state index contributed by atoms with van der Waals surface area (Å²) in [5.41, 5.74) is 5.85. The van der Waals surface area contributed by atoms with Crippen LogP contribution in [-0.2, 0) is 25.9 Å². The van der Waals surface area contributed by atoms with Gasteiger partial charge in [-0.1, -0.05) is 54.6 Å². The molecule has 2 heterocycles. The van der Waals surface area contributed by atoms with E-state index in [1.165, 1.54) is 16.7 Å². The van der Waals surface area contributed by atoms with Crippen LogP contribution in [-0.4, -0.2) is 36.3 Å². The lowest BCUT2D eigenvalue weighted by atomic mass is 9.93. The highest BCUT2D eigenvalue weighted by Gasteiger charge is 2.28. The van der Waals surface area contributed by atoms with Crippen LogP contribution < -0.4 is 10.1 Å². The van der Waals surface area contributed by atoms with Crippen molar-refractivity contribution in [2.45, 2.75) is 36.9 Å². The summed E-state index contributed by atoms with van der Waals surface area (Å²) in [6, 6.07) is 23.6. The summed E-state index contributed by atoms with van der Waals surface area (Å²) in [4.78, 5) is 16.8. The molecular weight excluding hydrogens is 416 g/mol. The van der Waals surface area contributed by atoms with Crippen molar-refractivity contribution in [3.05, 3.63) is 94.5 Å². The monoisotopic (exact) mass is 444 g/mol. The Bertz CT molecular complexity index is 1120. The topological polar surface area (TPSA) is 41.6 Å². The second-order valence-electron chi connectivity index (χ2n) is 8.49. The van der Waals surface area contributed by atoms with Crippen molar-refractivity contribution in [3.63, 3.8) is 0 Å². The molecule has 0 unspecified atom stereocenters. The zero-order valence-electron chi connectivity index (χ0n) is 18.3. The van der Waals surface area contributed by atoms with Crippen molar-refractivity contribution in [2.75, 3.05) is 19.4 Å². The van der Waals surface area contributed by atoms with Crippen LogP contribution in [0.25, 0.3) is 0 Å². The molecule has 3 aromatic carbocycles. The normalized spacial score (nSPS) is 17.3. The van der Waals surface area contributed by atoms with Crippen molar-refractivity contribution in [1.82, 2.24) is 10.2 Å². The number of amides is 1. The van der Waals surface area contributed by atoms with Crippen LogP contribution in [0, 0.1) is 0 Å². The molecule has 0 fully saturated rings. The van der Waals surface area contributed by atoms with Crippen LogP contribution in [0.3, 0.4) is 0 Å². The quantitative estimate of drug-likeness (QED) is 0.560. The van der Waals surface area contributed by atoms with Crippen LogP contribution in [0.5, 0.6) is 5.75 Å². The minimum absolute atomic E-state index is 0.0439. The highest BCUT2D eigenvalue weighted by Crippen LogP contribution is 2.34. The number of carbonyl (C=O) groups is 1. The van der Waals surface area contributed by atoms with E-state index < -0.39 is 0 Å². The maximum Gasteiger partial charge on any atom is 0.255 e. The Labute approximate surface area is 194 Å².